The van der Waals surface area contributed by atoms with E-state index < -0.39 is 10.8 Å². The van der Waals surface area contributed by atoms with Crippen LogP contribution in [0.1, 0.15) is 35.3 Å². The molecule has 3 nitrogen and oxygen atoms in total. The average Bonchev–Trinajstić information content (AvgIpc) is 2.53. The Morgan fingerprint density at radius 3 is 2.43 bits per heavy atom. The summed E-state index contributed by atoms with van der Waals surface area (Å²) in [6.07, 6.45) is 1.66. The SMILES string of the molecule is C[S@@](=O)Cc1cccc(C(=O)NCC(C)(C)c2ccccc2)c1. The van der Waals surface area contributed by atoms with Gasteiger partial charge in [0.15, 0.2) is 0 Å². The summed E-state index contributed by atoms with van der Waals surface area (Å²) in [6, 6.07) is 17.5. The Kier molecular flexibility index (Phi) is 5.72. The van der Waals surface area contributed by atoms with Crippen molar-refractivity contribution in [2.45, 2.75) is 25.0 Å². The van der Waals surface area contributed by atoms with Crippen LogP contribution in [-0.2, 0) is 22.0 Å². The molecule has 4 heteroatoms. The molecule has 0 saturated heterocycles. The van der Waals surface area contributed by atoms with Gasteiger partial charge >= 0.3 is 0 Å². The van der Waals surface area contributed by atoms with Gasteiger partial charge in [-0.15, -0.1) is 0 Å². The van der Waals surface area contributed by atoms with E-state index in [0.29, 0.717) is 17.9 Å². The van der Waals surface area contributed by atoms with Crippen LogP contribution < -0.4 is 5.32 Å². The Hall–Kier alpha value is -1.94. The number of hydrogen-bond donors (Lipinski definition) is 1. The summed E-state index contributed by atoms with van der Waals surface area (Å²) in [5.41, 5.74) is 2.58. The van der Waals surface area contributed by atoms with Crippen molar-refractivity contribution < 1.29 is 9.00 Å². The molecular weight excluding hydrogens is 306 g/mol. The van der Waals surface area contributed by atoms with Gasteiger partial charge in [-0.05, 0) is 23.3 Å². The molecule has 0 aliphatic rings. The standard InChI is InChI=1S/C19H23NO2S/c1-19(2,17-10-5-4-6-11-17)14-20-18(21)16-9-7-8-15(12-16)13-23(3)22/h4-12H,13-14H2,1-3H3,(H,20,21)/t23-/m1/s1. The van der Waals surface area contributed by atoms with Crippen molar-refractivity contribution in [2.24, 2.45) is 0 Å². The summed E-state index contributed by atoms with van der Waals surface area (Å²) >= 11 is 0. The summed E-state index contributed by atoms with van der Waals surface area (Å²) < 4.78 is 11.3. The van der Waals surface area contributed by atoms with Crippen molar-refractivity contribution in [1.82, 2.24) is 5.32 Å². The van der Waals surface area contributed by atoms with E-state index in [1.807, 2.05) is 36.4 Å². The molecule has 0 fully saturated rings. The highest BCUT2D eigenvalue weighted by molar-refractivity contribution is 7.83. The molecule has 0 heterocycles. The second-order valence-electron chi connectivity index (χ2n) is 6.35. The Labute approximate surface area is 140 Å². The molecule has 23 heavy (non-hydrogen) atoms. The molecule has 0 bridgehead atoms. The van der Waals surface area contributed by atoms with E-state index >= 15 is 0 Å². The van der Waals surface area contributed by atoms with Crippen molar-refractivity contribution in [3.05, 3.63) is 71.3 Å². The van der Waals surface area contributed by atoms with Crippen LogP contribution in [-0.4, -0.2) is 22.9 Å². The number of benzene rings is 2. The highest BCUT2D eigenvalue weighted by Crippen LogP contribution is 2.21. The van der Waals surface area contributed by atoms with Crippen LogP contribution in [0.15, 0.2) is 54.6 Å². The van der Waals surface area contributed by atoms with E-state index in [2.05, 4.69) is 31.3 Å². The fraction of sp³-hybridized carbons (Fsp3) is 0.316. The van der Waals surface area contributed by atoms with Gasteiger partial charge in [0.05, 0.1) is 0 Å². The summed E-state index contributed by atoms with van der Waals surface area (Å²) in [7, 11) is -0.912. The number of amides is 1. The monoisotopic (exact) mass is 329 g/mol. The lowest BCUT2D eigenvalue weighted by Crippen LogP contribution is -2.36. The third kappa shape index (κ3) is 5.03. The van der Waals surface area contributed by atoms with Gasteiger partial charge in [0, 0.05) is 40.3 Å². The molecule has 0 aromatic heterocycles. The van der Waals surface area contributed by atoms with Crippen LogP contribution in [0, 0.1) is 0 Å². The summed E-state index contributed by atoms with van der Waals surface area (Å²) in [5, 5.41) is 3.00. The quantitative estimate of drug-likeness (QED) is 0.884. The zero-order valence-corrected chi connectivity index (χ0v) is 14.7. The Balaban J connectivity index is 2.03. The summed E-state index contributed by atoms with van der Waals surface area (Å²) in [6.45, 7) is 4.78. The zero-order chi connectivity index (χ0) is 16.9. The van der Waals surface area contributed by atoms with Crippen molar-refractivity contribution in [1.29, 1.82) is 0 Å². The number of hydrogen-bond acceptors (Lipinski definition) is 2. The van der Waals surface area contributed by atoms with Gasteiger partial charge in [-0.2, -0.15) is 0 Å². The van der Waals surface area contributed by atoms with Gasteiger partial charge in [0.25, 0.3) is 5.91 Å². The van der Waals surface area contributed by atoms with E-state index in [4.69, 9.17) is 0 Å². The van der Waals surface area contributed by atoms with Crippen molar-refractivity contribution in [3.63, 3.8) is 0 Å². The minimum Gasteiger partial charge on any atom is -0.351 e. The van der Waals surface area contributed by atoms with Crippen LogP contribution in [0.3, 0.4) is 0 Å². The van der Waals surface area contributed by atoms with Gasteiger partial charge in [-0.3, -0.25) is 9.00 Å². The Morgan fingerprint density at radius 1 is 1.09 bits per heavy atom. The molecule has 1 amide bonds. The molecule has 0 spiro atoms. The maximum absolute atomic E-state index is 12.4. The Bertz CT molecular complexity index is 696. The molecule has 2 aromatic rings. The molecule has 1 N–H and O–H groups in total. The maximum atomic E-state index is 12.4. The van der Waals surface area contributed by atoms with Crippen molar-refractivity contribution >= 4 is 16.7 Å². The van der Waals surface area contributed by atoms with E-state index in [1.165, 1.54) is 5.56 Å². The lowest BCUT2D eigenvalue weighted by Gasteiger charge is -2.25. The third-order valence-corrected chi connectivity index (χ3v) is 4.55. The number of rotatable bonds is 6. The van der Waals surface area contributed by atoms with Crippen molar-refractivity contribution in [2.75, 3.05) is 12.8 Å². The topological polar surface area (TPSA) is 46.2 Å². The minimum absolute atomic E-state index is 0.0993. The van der Waals surface area contributed by atoms with Gasteiger partial charge in [-0.1, -0.05) is 56.3 Å². The maximum Gasteiger partial charge on any atom is 0.251 e. The third-order valence-electron chi connectivity index (χ3n) is 3.81. The highest BCUT2D eigenvalue weighted by atomic mass is 32.2. The van der Waals surface area contributed by atoms with E-state index in [1.54, 1.807) is 12.3 Å². The second-order valence-corrected chi connectivity index (χ2v) is 7.79. The predicted molar refractivity (Wildman–Crippen MR) is 96.0 cm³/mol. The molecule has 0 aliphatic carbocycles. The first-order valence-corrected chi connectivity index (χ1v) is 9.34. The fourth-order valence-corrected chi connectivity index (χ4v) is 3.08. The smallest absolute Gasteiger partial charge is 0.251 e. The molecular formula is C19H23NO2S. The van der Waals surface area contributed by atoms with E-state index in [9.17, 15) is 9.00 Å². The van der Waals surface area contributed by atoms with Gasteiger partial charge in [-0.25, -0.2) is 0 Å². The van der Waals surface area contributed by atoms with Crippen LogP contribution in [0.4, 0.5) is 0 Å². The van der Waals surface area contributed by atoms with Gasteiger partial charge in [0.2, 0.25) is 0 Å². The molecule has 1 atom stereocenters. The molecule has 122 valence electrons. The first-order chi connectivity index (χ1) is 10.9. The normalized spacial score (nSPS) is 12.7. The first kappa shape index (κ1) is 17.4. The number of carbonyl (C=O) groups is 1. The van der Waals surface area contributed by atoms with E-state index in [-0.39, 0.29) is 11.3 Å². The van der Waals surface area contributed by atoms with Gasteiger partial charge < -0.3 is 5.32 Å². The van der Waals surface area contributed by atoms with Crippen molar-refractivity contribution in [3.8, 4) is 0 Å². The molecule has 2 rings (SSSR count). The zero-order valence-electron chi connectivity index (χ0n) is 13.8. The summed E-state index contributed by atoms with van der Waals surface area (Å²) in [5.74, 6) is 0.370. The molecule has 0 unspecified atom stereocenters. The second kappa shape index (κ2) is 7.55. The Morgan fingerprint density at radius 2 is 1.78 bits per heavy atom. The average molecular weight is 329 g/mol. The highest BCUT2D eigenvalue weighted by Gasteiger charge is 2.21. The molecule has 2 aromatic carbocycles. The number of nitrogens with one attached hydrogen (secondary N) is 1. The largest absolute Gasteiger partial charge is 0.351 e. The lowest BCUT2D eigenvalue weighted by molar-refractivity contribution is 0.0945. The van der Waals surface area contributed by atoms with Gasteiger partial charge in [0.1, 0.15) is 0 Å². The van der Waals surface area contributed by atoms with E-state index in [0.717, 1.165) is 5.56 Å². The fourth-order valence-electron chi connectivity index (χ4n) is 2.43. The molecule has 0 aliphatic heterocycles. The number of carbonyl (C=O) groups excluding carboxylic acids is 1. The lowest BCUT2D eigenvalue weighted by atomic mass is 9.84. The molecule has 0 radical (unpaired) electrons. The first-order valence-electron chi connectivity index (χ1n) is 7.61. The van der Waals surface area contributed by atoms with Crippen LogP contribution >= 0.6 is 0 Å². The van der Waals surface area contributed by atoms with Crippen LogP contribution in [0.5, 0.6) is 0 Å². The van der Waals surface area contributed by atoms with Crippen LogP contribution in [0.25, 0.3) is 0 Å². The minimum atomic E-state index is -0.912. The summed E-state index contributed by atoms with van der Waals surface area (Å²) in [4.78, 5) is 12.4. The van der Waals surface area contributed by atoms with Crippen LogP contribution in [0.2, 0.25) is 0 Å². The predicted octanol–water partition coefficient (Wildman–Crippen LogP) is 3.27. The molecule has 0 saturated carbocycles.